The average Bonchev–Trinajstić information content (AvgIpc) is 2.82. The van der Waals surface area contributed by atoms with Crippen molar-refractivity contribution >= 4 is 17.2 Å². The van der Waals surface area contributed by atoms with Crippen LogP contribution >= 0.6 is 11.3 Å². The largest absolute Gasteiger partial charge is 0.348 e. The molecule has 14 heavy (non-hydrogen) atoms. The Morgan fingerprint density at radius 3 is 3.14 bits per heavy atom. The zero-order valence-electron chi connectivity index (χ0n) is 8.03. The Morgan fingerprint density at radius 1 is 1.64 bits per heavy atom. The highest BCUT2D eigenvalue weighted by Crippen LogP contribution is 2.17. The number of carbonyl (C=O) groups is 1. The molecule has 1 amide bonds. The van der Waals surface area contributed by atoms with E-state index >= 15 is 0 Å². The molecule has 1 aliphatic rings. The summed E-state index contributed by atoms with van der Waals surface area (Å²) < 4.78 is 0. The van der Waals surface area contributed by atoms with Gasteiger partial charge in [-0.25, -0.2) is 0 Å². The van der Waals surface area contributed by atoms with Crippen molar-refractivity contribution in [3.05, 3.63) is 22.4 Å². The number of hydrogen-bond acceptors (Lipinski definition) is 2. The summed E-state index contributed by atoms with van der Waals surface area (Å²) in [5, 5.41) is 7.08. The first-order valence-electron chi connectivity index (χ1n) is 4.98. The van der Waals surface area contributed by atoms with Crippen LogP contribution in [0.4, 0.5) is 0 Å². The Morgan fingerprint density at radius 2 is 2.50 bits per heavy atom. The molecule has 2 rings (SSSR count). The molecule has 0 aromatic carbocycles. The molecule has 0 bridgehead atoms. The lowest BCUT2D eigenvalue weighted by atomic mass is 10.4. The molecule has 1 aromatic heterocycles. The maximum atomic E-state index is 11.3. The molecular formula is C10H15N2OS+. The lowest BCUT2D eigenvalue weighted by Crippen LogP contribution is -2.85. The van der Waals surface area contributed by atoms with Gasteiger partial charge in [0.1, 0.15) is 6.54 Å². The highest BCUT2D eigenvalue weighted by atomic mass is 32.1. The van der Waals surface area contributed by atoms with Crippen molar-refractivity contribution in [1.82, 2.24) is 5.32 Å². The van der Waals surface area contributed by atoms with E-state index in [1.54, 1.807) is 11.3 Å². The highest BCUT2D eigenvalue weighted by Gasteiger charge is 2.23. The van der Waals surface area contributed by atoms with Gasteiger partial charge in [0.05, 0.1) is 4.88 Å². The minimum Gasteiger partial charge on any atom is -0.348 e. The fraction of sp³-hybridized carbons (Fsp3) is 0.500. The molecule has 1 saturated carbocycles. The maximum Gasteiger partial charge on any atom is 0.275 e. The van der Waals surface area contributed by atoms with E-state index in [-0.39, 0.29) is 5.91 Å². The third kappa shape index (κ3) is 3.12. The van der Waals surface area contributed by atoms with Crippen LogP contribution in [0.2, 0.25) is 0 Å². The average molecular weight is 211 g/mol. The summed E-state index contributed by atoms with van der Waals surface area (Å²) in [5.41, 5.74) is 0. The number of rotatable bonds is 5. The molecule has 4 heteroatoms. The number of nitrogens with two attached hydrogens (primary N) is 1. The van der Waals surface area contributed by atoms with Crippen molar-refractivity contribution < 1.29 is 10.1 Å². The number of amides is 1. The quantitative estimate of drug-likeness (QED) is 0.712. The van der Waals surface area contributed by atoms with Crippen LogP contribution in [-0.4, -0.2) is 18.5 Å². The lowest BCUT2D eigenvalue weighted by Gasteiger charge is -2.01. The summed E-state index contributed by atoms with van der Waals surface area (Å²) in [6, 6.07) is 4.62. The van der Waals surface area contributed by atoms with Crippen LogP contribution in [0.1, 0.15) is 17.7 Å². The van der Waals surface area contributed by atoms with E-state index in [1.165, 1.54) is 4.88 Å². The predicted octanol–water partition coefficient (Wildman–Crippen LogP) is 0.0901. The van der Waals surface area contributed by atoms with Crippen LogP contribution in [0.25, 0.3) is 0 Å². The molecule has 3 nitrogen and oxygen atoms in total. The monoisotopic (exact) mass is 211 g/mol. The lowest BCUT2D eigenvalue weighted by molar-refractivity contribution is -0.659. The molecule has 0 saturated heterocycles. The summed E-state index contributed by atoms with van der Waals surface area (Å²) >= 11 is 1.74. The van der Waals surface area contributed by atoms with Gasteiger partial charge in [-0.2, -0.15) is 0 Å². The number of hydrogen-bond donors (Lipinski definition) is 2. The van der Waals surface area contributed by atoms with Gasteiger partial charge in [-0.1, -0.05) is 6.07 Å². The van der Waals surface area contributed by atoms with Crippen LogP contribution in [0, 0.1) is 0 Å². The van der Waals surface area contributed by atoms with Crippen molar-refractivity contribution in [3.8, 4) is 0 Å². The van der Waals surface area contributed by atoms with Gasteiger partial charge in [0.25, 0.3) is 5.91 Å². The van der Waals surface area contributed by atoms with Crippen molar-refractivity contribution in [2.24, 2.45) is 0 Å². The van der Waals surface area contributed by atoms with Gasteiger partial charge in [-0.05, 0) is 24.3 Å². The molecule has 1 heterocycles. The van der Waals surface area contributed by atoms with Gasteiger partial charge in [0, 0.05) is 6.04 Å². The zero-order chi connectivity index (χ0) is 9.80. The summed E-state index contributed by atoms with van der Waals surface area (Å²) in [7, 11) is 0. The Balaban J connectivity index is 1.60. The summed E-state index contributed by atoms with van der Waals surface area (Å²) in [4.78, 5) is 12.6. The van der Waals surface area contributed by atoms with E-state index < -0.39 is 0 Å². The van der Waals surface area contributed by atoms with Crippen LogP contribution in [0.5, 0.6) is 0 Å². The molecular weight excluding hydrogens is 196 g/mol. The van der Waals surface area contributed by atoms with Gasteiger partial charge in [0.15, 0.2) is 6.54 Å². The molecule has 0 unspecified atom stereocenters. The topological polar surface area (TPSA) is 45.7 Å². The van der Waals surface area contributed by atoms with Crippen molar-refractivity contribution in [2.45, 2.75) is 25.4 Å². The fourth-order valence-electron chi connectivity index (χ4n) is 1.29. The van der Waals surface area contributed by atoms with Crippen LogP contribution in [0.3, 0.4) is 0 Å². The molecule has 0 radical (unpaired) electrons. The summed E-state index contributed by atoms with van der Waals surface area (Å²) in [6.45, 7) is 1.46. The summed E-state index contributed by atoms with van der Waals surface area (Å²) in [5.74, 6) is 0.170. The highest BCUT2D eigenvalue weighted by molar-refractivity contribution is 7.09. The Bertz CT molecular complexity index is 293. The molecule has 76 valence electrons. The normalized spacial score (nSPS) is 15.4. The Labute approximate surface area is 87.5 Å². The SMILES string of the molecule is O=C(C[NH2+]Cc1cccs1)NC1CC1. The molecule has 1 aliphatic carbocycles. The minimum absolute atomic E-state index is 0.170. The second kappa shape index (κ2) is 4.57. The van der Waals surface area contributed by atoms with Crippen LogP contribution in [-0.2, 0) is 11.3 Å². The third-order valence-electron chi connectivity index (χ3n) is 2.20. The molecule has 1 aromatic rings. The standard InChI is InChI=1S/C10H14N2OS/c13-10(12-8-3-4-8)7-11-6-9-2-1-5-14-9/h1-2,5,8,11H,3-4,6-7H2,(H,12,13)/p+1. The number of nitrogens with one attached hydrogen (secondary N) is 1. The van der Waals surface area contributed by atoms with Crippen LogP contribution < -0.4 is 10.6 Å². The Kier molecular flexibility index (Phi) is 3.16. The van der Waals surface area contributed by atoms with Crippen molar-refractivity contribution in [2.75, 3.05) is 6.54 Å². The van der Waals surface area contributed by atoms with Gasteiger partial charge < -0.3 is 10.6 Å². The van der Waals surface area contributed by atoms with E-state index in [2.05, 4.69) is 16.8 Å². The molecule has 3 N–H and O–H groups in total. The van der Waals surface area contributed by atoms with E-state index in [0.29, 0.717) is 12.6 Å². The van der Waals surface area contributed by atoms with Crippen molar-refractivity contribution in [3.63, 3.8) is 0 Å². The van der Waals surface area contributed by atoms with Crippen LogP contribution in [0.15, 0.2) is 17.5 Å². The second-order valence-corrected chi connectivity index (χ2v) is 4.65. The molecule has 0 atom stereocenters. The third-order valence-corrected chi connectivity index (χ3v) is 3.10. The number of carbonyl (C=O) groups excluding carboxylic acids is 1. The van der Waals surface area contributed by atoms with E-state index in [0.717, 1.165) is 19.4 Å². The van der Waals surface area contributed by atoms with Gasteiger partial charge in [0.2, 0.25) is 0 Å². The molecule has 0 aliphatic heterocycles. The minimum atomic E-state index is 0.170. The molecule has 0 spiro atoms. The first-order chi connectivity index (χ1) is 6.84. The zero-order valence-corrected chi connectivity index (χ0v) is 8.85. The Hall–Kier alpha value is -0.870. The maximum absolute atomic E-state index is 11.3. The first-order valence-corrected chi connectivity index (χ1v) is 5.86. The van der Waals surface area contributed by atoms with E-state index in [4.69, 9.17) is 0 Å². The van der Waals surface area contributed by atoms with Gasteiger partial charge >= 0.3 is 0 Å². The van der Waals surface area contributed by atoms with Gasteiger partial charge in [-0.15, -0.1) is 11.3 Å². The smallest absolute Gasteiger partial charge is 0.275 e. The van der Waals surface area contributed by atoms with Crippen molar-refractivity contribution in [1.29, 1.82) is 0 Å². The van der Waals surface area contributed by atoms with E-state index in [1.807, 2.05) is 11.4 Å². The predicted molar refractivity (Wildman–Crippen MR) is 56.0 cm³/mol. The molecule has 1 fully saturated rings. The fourth-order valence-corrected chi connectivity index (χ4v) is 1.99. The number of thiophene rings is 1. The van der Waals surface area contributed by atoms with Gasteiger partial charge in [-0.3, -0.25) is 4.79 Å². The first kappa shape index (κ1) is 9.68. The van der Waals surface area contributed by atoms with E-state index in [9.17, 15) is 4.79 Å². The second-order valence-electron chi connectivity index (χ2n) is 3.62. The summed E-state index contributed by atoms with van der Waals surface area (Å²) in [6.07, 6.45) is 2.33. The number of quaternary nitrogens is 1.